The van der Waals surface area contributed by atoms with Crippen LogP contribution in [0.4, 0.5) is 0 Å². The fourth-order valence-corrected chi connectivity index (χ4v) is 3.68. The summed E-state index contributed by atoms with van der Waals surface area (Å²) < 4.78 is 10.5. The summed E-state index contributed by atoms with van der Waals surface area (Å²) >= 11 is 0. The number of amides is 1. The highest BCUT2D eigenvalue weighted by Gasteiger charge is 2.39. The van der Waals surface area contributed by atoms with E-state index in [0.717, 1.165) is 24.0 Å². The predicted octanol–water partition coefficient (Wildman–Crippen LogP) is 3.88. The molecule has 2 aromatic carbocycles. The minimum atomic E-state index is -0.676. The van der Waals surface area contributed by atoms with Crippen LogP contribution < -0.4 is 21.4 Å². The van der Waals surface area contributed by atoms with Gasteiger partial charge in [0.2, 0.25) is 0 Å². The second-order valence-electron chi connectivity index (χ2n) is 8.32. The molecule has 4 rings (SSSR count). The van der Waals surface area contributed by atoms with Gasteiger partial charge in [-0.25, -0.2) is 4.79 Å². The quantitative estimate of drug-likeness (QED) is 0.606. The maximum absolute atomic E-state index is 12.9. The van der Waals surface area contributed by atoms with E-state index in [-0.39, 0.29) is 23.1 Å². The Labute approximate surface area is 175 Å². The van der Waals surface area contributed by atoms with E-state index in [1.807, 2.05) is 38.1 Å². The molecular formula is C24H26N2O4. The Kier molecular flexibility index (Phi) is 5.12. The number of hydrogen-bond acceptors (Lipinski definition) is 5. The Morgan fingerprint density at radius 2 is 1.83 bits per heavy atom. The zero-order chi connectivity index (χ0) is 21.5. The second-order valence-corrected chi connectivity index (χ2v) is 8.32. The molecule has 1 aromatic heterocycles. The van der Waals surface area contributed by atoms with Crippen molar-refractivity contribution >= 4 is 16.9 Å². The third-order valence-corrected chi connectivity index (χ3v) is 5.77. The topological polar surface area (TPSA) is 94.6 Å². The highest BCUT2D eigenvalue weighted by molar-refractivity contribution is 5.97. The van der Waals surface area contributed by atoms with Gasteiger partial charge in [-0.15, -0.1) is 0 Å². The molecule has 6 nitrogen and oxygen atoms in total. The molecule has 3 aromatic rings. The molecule has 1 aliphatic carbocycles. The molecule has 1 unspecified atom stereocenters. The van der Waals surface area contributed by atoms with Gasteiger partial charge < -0.3 is 20.2 Å². The van der Waals surface area contributed by atoms with Gasteiger partial charge >= 0.3 is 5.63 Å². The van der Waals surface area contributed by atoms with Gasteiger partial charge in [0.15, 0.2) is 0 Å². The summed E-state index contributed by atoms with van der Waals surface area (Å²) in [7, 11) is 1.54. The van der Waals surface area contributed by atoms with Crippen LogP contribution >= 0.6 is 0 Å². The Hall–Kier alpha value is -3.12. The monoisotopic (exact) mass is 406 g/mol. The Morgan fingerprint density at radius 3 is 2.43 bits per heavy atom. The van der Waals surface area contributed by atoms with Crippen LogP contribution in [0.2, 0.25) is 0 Å². The molecule has 1 fully saturated rings. The number of benzene rings is 2. The van der Waals surface area contributed by atoms with Crippen molar-refractivity contribution in [2.24, 2.45) is 11.7 Å². The van der Waals surface area contributed by atoms with Gasteiger partial charge in [-0.2, -0.15) is 0 Å². The van der Waals surface area contributed by atoms with Crippen LogP contribution in [0.15, 0.2) is 57.7 Å². The van der Waals surface area contributed by atoms with Gasteiger partial charge in [-0.1, -0.05) is 38.1 Å². The SMILES string of the molecule is COc1ccc2cc(C(=O)NC(c3ccc(C4(N)CC4)cc3)C(C)C)c(=O)oc2c1. The van der Waals surface area contributed by atoms with Gasteiger partial charge in [-0.3, -0.25) is 4.79 Å². The van der Waals surface area contributed by atoms with E-state index < -0.39 is 11.5 Å². The molecule has 0 aliphatic heterocycles. The van der Waals surface area contributed by atoms with Crippen molar-refractivity contribution in [3.63, 3.8) is 0 Å². The predicted molar refractivity (Wildman–Crippen MR) is 116 cm³/mol. The second kappa shape index (κ2) is 7.61. The van der Waals surface area contributed by atoms with Gasteiger partial charge in [0.05, 0.1) is 13.2 Å². The molecule has 1 amide bonds. The van der Waals surface area contributed by atoms with Gasteiger partial charge in [0.1, 0.15) is 16.9 Å². The molecule has 0 bridgehead atoms. The van der Waals surface area contributed by atoms with Crippen molar-refractivity contribution in [2.75, 3.05) is 7.11 Å². The summed E-state index contributed by atoms with van der Waals surface area (Å²) in [6.07, 6.45) is 2.00. The number of ether oxygens (including phenoxy) is 1. The maximum atomic E-state index is 12.9. The van der Waals surface area contributed by atoms with Crippen LogP contribution in [0.5, 0.6) is 5.75 Å². The highest BCUT2D eigenvalue weighted by atomic mass is 16.5. The van der Waals surface area contributed by atoms with Crippen LogP contribution in [-0.4, -0.2) is 13.0 Å². The standard InChI is InChI=1S/C24H26N2O4/c1-14(2)21(15-4-7-17(8-5-15)24(25)10-11-24)26-22(27)19-12-16-6-9-18(29-3)13-20(16)30-23(19)28/h4-9,12-14,21H,10-11,25H2,1-3H3,(H,26,27). The minimum Gasteiger partial charge on any atom is -0.497 e. The number of rotatable bonds is 6. The molecule has 1 aliphatic rings. The number of nitrogens with two attached hydrogens (primary N) is 1. The third kappa shape index (κ3) is 3.83. The van der Waals surface area contributed by atoms with E-state index in [1.54, 1.807) is 24.3 Å². The van der Waals surface area contributed by atoms with E-state index >= 15 is 0 Å². The first-order valence-corrected chi connectivity index (χ1v) is 10.1. The number of methoxy groups -OCH3 is 1. The molecule has 156 valence electrons. The van der Waals surface area contributed by atoms with Gasteiger partial charge in [-0.05, 0) is 48.1 Å². The summed E-state index contributed by atoms with van der Waals surface area (Å²) in [5, 5.41) is 3.65. The summed E-state index contributed by atoms with van der Waals surface area (Å²) in [5.74, 6) is 0.252. The lowest BCUT2D eigenvalue weighted by molar-refractivity contribution is 0.0922. The first-order valence-electron chi connectivity index (χ1n) is 10.1. The lowest BCUT2D eigenvalue weighted by Crippen LogP contribution is -2.34. The van der Waals surface area contributed by atoms with Crippen molar-refractivity contribution in [3.8, 4) is 5.75 Å². The molecule has 1 atom stereocenters. The number of carbonyl (C=O) groups is 1. The summed E-state index contributed by atoms with van der Waals surface area (Å²) in [5.41, 5.74) is 7.85. The van der Waals surface area contributed by atoms with Crippen LogP contribution in [0.3, 0.4) is 0 Å². The van der Waals surface area contributed by atoms with Crippen LogP contribution in [0, 0.1) is 5.92 Å². The molecule has 0 spiro atoms. The molecule has 30 heavy (non-hydrogen) atoms. The van der Waals surface area contributed by atoms with Crippen molar-refractivity contribution in [1.82, 2.24) is 5.32 Å². The van der Waals surface area contributed by atoms with Crippen molar-refractivity contribution in [2.45, 2.75) is 38.3 Å². The van der Waals surface area contributed by atoms with Crippen LogP contribution in [-0.2, 0) is 5.54 Å². The number of nitrogens with one attached hydrogen (secondary N) is 1. The Morgan fingerprint density at radius 1 is 1.13 bits per heavy atom. The Balaban J connectivity index is 1.60. The van der Waals surface area contributed by atoms with E-state index in [9.17, 15) is 9.59 Å². The van der Waals surface area contributed by atoms with Crippen molar-refractivity contribution in [3.05, 3.63) is 75.6 Å². The van der Waals surface area contributed by atoms with E-state index in [2.05, 4.69) is 5.32 Å². The minimum absolute atomic E-state index is 0.0196. The summed E-state index contributed by atoms with van der Waals surface area (Å²) in [6, 6.07) is 14.5. The Bertz CT molecular complexity index is 1140. The van der Waals surface area contributed by atoms with Crippen LogP contribution in [0.25, 0.3) is 11.0 Å². The zero-order valence-electron chi connectivity index (χ0n) is 17.4. The fraction of sp³-hybridized carbons (Fsp3) is 0.333. The molecule has 1 saturated carbocycles. The average molecular weight is 406 g/mol. The van der Waals surface area contributed by atoms with E-state index in [0.29, 0.717) is 16.7 Å². The molecule has 3 N–H and O–H groups in total. The molecule has 6 heteroatoms. The van der Waals surface area contributed by atoms with Crippen molar-refractivity contribution < 1.29 is 13.9 Å². The lowest BCUT2D eigenvalue weighted by Gasteiger charge is -2.23. The average Bonchev–Trinajstić information content (AvgIpc) is 3.49. The first kappa shape index (κ1) is 20.2. The number of fused-ring (bicyclic) bond motifs is 1. The van der Waals surface area contributed by atoms with Crippen LogP contribution in [0.1, 0.15) is 54.2 Å². The molecular weight excluding hydrogens is 380 g/mol. The number of carbonyl (C=O) groups excluding carboxylic acids is 1. The largest absolute Gasteiger partial charge is 0.497 e. The summed E-state index contributed by atoms with van der Waals surface area (Å²) in [4.78, 5) is 25.4. The lowest BCUT2D eigenvalue weighted by atomic mass is 9.93. The zero-order valence-corrected chi connectivity index (χ0v) is 17.4. The smallest absolute Gasteiger partial charge is 0.349 e. The van der Waals surface area contributed by atoms with E-state index in [4.69, 9.17) is 14.9 Å². The highest BCUT2D eigenvalue weighted by Crippen LogP contribution is 2.42. The number of hydrogen-bond donors (Lipinski definition) is 2. The van der Waals surface area contributed by atoms with E-state index in [1.165, 1.54) is 7.11 Å². The summed E-state index contributed by atoms with van der Waals surface area (Å²) in [6.45, 7) is 4.05. The molecule has 0 saturated heterocycles. The third-order valence-electron chi connectivity index (χ3n) is 5.77. The molecule has 0 radical (unpaired) electrons. The maximum Gasteiger partial charge on any atom is 0.349 e. The van der Waals surface area contributed by atoms with Gasteiger partial charge in [0, 0.05) is 17.0 Å². The normalized spacial score (nSPS) is 15.8. The van der Waals surface area contributed by atoms with Crippen molar-refractivity contribution in [1.29, 1.82) is 0 Å². The molecule has 1 heterocycles. The first-order chi connectivity index (χ1) is 14.3. The van der Waals surface area contributed by atoms with Gasteiger partial charge in [0.25, 0.3) is 5.91 Å². The fourth-order valence-electron chi connectivity index (χ4n) is 3.68.